The molecule has 2 unspecified atom stereocenters. The predicted molar refractivity (Wildman–Crippen MR) is 268 cm³/mol. The second-order valence-electron chi connectivity index (χ2n) is 18.5. The molecular weight excluding hydrogens is 956 g/mol. The van der Waals surface area contributed by atoms with Crippen molar-refractivity contribution in [2.75, 3.05) is 52.8 Å². The van der Waals surface area contributed by atoms with Crippen LogP contribution in [0.2, 0.25) is 5.02 Å². The fourth-order valence-corrected chi connectivity index (χ4v) is 10.5. The maximum Gasteiger partial charge on any atom is 0.311 e. The molecule has 2 aliphatic heterocycles. The number of aliphatic hydroxyl groups is 1. The van der Waals surface area contributed by atoms with Crippen LogP contribution in [0, 0.1) is 39.0 Å². The first-order valence-electron chi connectivity index (χ1n) is 23.2. The number of thiazole rings is 1. The number of nitrogens with zero attached hydrogens (tertiary/aromatic N) is 6. The minimum absolute atomic E-state index is 0.0214. The number of benzene rings is 2. The van der Waals surface area contributed by atoms with E-state index in [4.69, 9.17) is 35.5 Å². The molecule has 0 spiro atoms. The molecule has 1 saturated heterocycles. The highest BCUT2D eigenvalue weighted by atomic mass is 35.5. The van der Waals surface area contributed by atoms with Gasteiger partial charge in [0.2, 0.25) is 17.7 Å². The third kappa shape index (κ3) is 12.4. The summed E-state index contributed by atoms with van der Waals surface area (Å²) in [6, 6.07) is 12.8. The van der Waals surface area contributed by atoms with Crippen molar-refractivity contribution in [3.63, 3.8) is 0 Å². The van der Waals surface area contributed by atoms with Crippen LogP contribution >= 0.6 is 34.3 Å². The molecule has 3 aromatic heterocycles. The average Bonchev–Trinajstić information content (AvgIpc) is 4.09. The van der Waals surface area contributed by atoms with Crippen molar-refractivity contribution in [3.05, 3.63) is 104 Å². The van der Waals surface area contributed by atoms with E-state index in [9.17, 15) is 24.3 Å². The molecule has 70 heavy (non-hydrogen) atoms. The molecule has 0 saturated carbocycles. The van der Waals surface area contributed by atoms with Gasteiger partial charge in [0.15, 0.2) is 5.82 Å². The van der Waals surface area contributed by atoms with Crippen LogP contribution in [0.1, 0.15) is 84.6 Å². The smallest absolute Gasteiger partial charge is 0.311 e. The molecule has 17 nitrogen and oxygen atoms in total. The Morgan fingerprint density at radius 1 is 0.900 bits per heavy atom. The molecule has 3 amide bonds. The van der Waals surface area contributed by atoms with E-state index < -0.39 is 53.3 Å². The Morgan fingerprint density at radius 2 is 1.56 bits per heavy atom. The molecule has 7 rings (SSSR count). The van der Waals surface area contributed by atoms with E-state index in [1.54, 1.807) is 29.6 Å². The zero-order chi connectivity index (χ0) is 50.3. The number of amides is 3. The Kier molecular flexibility index (Phi) is 17.4. The van der Waals surface area contributed by atoms with Gasteiger partial charge in [0, 0.05) is 40.5 Å². The fourth-order valence-electron chi connectivity index (χ4n) is 8.34. The molecular formula is C50H61ClN8O9S2. The molecule has 0 bridgehead atoms. The number of aliphatic hydroxyl groups excluding tert-OH is 1. The van der Waals surface area contributed by atoms with Crippen molar-refractivity contribution in [2.24, 2.45) is 16.3 Å². The lowest BCUT2D eigenvalue weighted by atomic mass is 9.85. The van der Waals surface area contributed by atoms with Crippen LogP contribution in [-0.2, 0) is 44.7 Å². The minimum Gasteiger partial charge on any atom is -0.463 e. The number of esters is 1. The molecule has 5 atom stereocenters. The SMILES string of the molecule is Cc1ncsc1-c1ccc(CNC(=O)[C@@H]2C[C@@H](O)CN2C(=O)[C@@H](NC(=O)COCCOCCOCCOC(=O)C(C)C2N=C(c3ccc(Cl)cc3)c3c(sc(C)c3C)-n3c(C)nnc32)C(C)(C)C)cc1. The molecule has 0 radical (unpaired) electrons. The van der Waals surface area contributed by atoms with Gasteiger partial charge in [0.1, 0.15) is 42.2 Å². The van der Waals surface area contributed by atoms with Crippen LogP contribution in [0.25, 0.3) is 15.4 Å². The van der Waals surface area contributed by atoms with E-state index in [1.807, 2.05) is 93.2 Å². The second kappa shape index (κ2) is 23.2. The molecule has 374 valence electrons. The second-order valence-corrected chi connectivity index (χ2v) is 21.0. The first kappa shape index (κ1) is 52.4. The number of hydrogen-bond donors (Lipinski definition) is 3. The number of carbonyl (C=O) groups is 4. The molecule has 20 heteroatoms. The lowest BCUT2D eigenvalue weighted by molar-refractivity contribution is -0.150. The fraction of sp³-hybridized carbons (Fsp3) is 0.480. The molecule has 0 aliphatic carbocycles. The monoisotopic (exact) mass is 1020 g/mol. The quantitative estimate of drug-likeness (QED) is 0.0583. The Labute approximate surface area is 421 Å². The van der Waals surface area contributed by atoms with Gasteiger partial charge in [-0.15, -0.1) is 32.9 Å². The first-order chi connectivity index (χ1) is 33.4. The average molecular weight is 1020 g/mol. The number of likely N-dealkylation sites (tertiary alicyclic amines) is 1. The van der Waals surface area contributed by atoms with Crippen LogP contribution in [0.15, 0.2) is 59.0 Å². The van der Waals surface area contributed by atoms with Crippen LogP contribution < -0.4 is 10.6 Å². The summed E-state index contributed by atoms with van der Waals surface area (Å²) in [7, 11) is 0. The zero-order valence-corrected chi connectivity index (χ0v) is 43.1. The van der Waals surface area contributed by atoms with Gasteiger partial charge in [-0.3, -0.25) is 28.7 Å². The maximum absolute atomic E-state index is 14.0. The normalized spacial score (nSPS) is 17.5. The Balaban J connectivity index is 0.808. The number of nitrogens with one attached hydrogen (secondary N) is 2. The Morgan fingerprint density at radius 3 is 2.21 bits per heavy atom. The predicted octanol–water partition coefficient (Wildman–Crippen LogP) is 6.27. The van der Waals surface area contributed by atoms with Gasteiger partial charge >= 0.3 is 5.97 Å². The Bertz CT molecular complexity index is 2680. The van der Waals surface area contributed by atoms with Crippen LogP contribution in [0.3, 0.4) is 0 Å². The van der Waals surface area contributed by atoms with Gasteiger partial charge in [0.05, 0.1) is 66.8 Å². The number of β-amino-alcohol motifs (C(OH)–C–C–N with tert-alkyl or cyclic N) is 1. The summed E-state index contributed by atoms with van der Waals surface area (Å²) in [5.41, 5.74) is 7.65. The van der Waals surface area contributed by atoms with Crippen molar-refractivity contribution in [1.29, 1.82) is 0 Å². The first-order valence-corrected chi connectivity index (χ1v) is 25.3. The number of ether oxygens (including phenoxy) is 4. The summed E-state index contributed by atoms with van der Waals surface area (Å²) in [4.78, 5) is 67.1. The number of rotatable bonds is 20. The number of aryl methyl sites for hydroxylation is 3. The molecule has 5 aromatic rings. The van der Waals surface area contributed by atoms with Crippen molar-refractivity contribution in [3.8, 4) is 15.4 Å². The van der Waals surface area contributed by atoms with Gasteiger partial charge in [-0.05, 0) is 68.9 Å². The largest absolute Gasteiger partial charge is 0.463 e. The minimum atomic E-state index is -0.990. The van der Waals surface area contributed by atoms with E-state index >= 15 is 0 Å². The number of aliphatic imine (C=N–C) groups is 1. The standard InChI is InChI=1S/C50H61ClN8O9S2/c1-28-31(4)70-48-40(28)42(34-13-15-36(51)16-14-34)55-41(45-57-56-32(5)59(45)48)29(2)49(64)68-22-21-66-18-17-65-19-20-67-26-39(61)54-44(50(6,7)8)47(63)58-25-37(60)23-38(58)46(62)52-24-33-9-11-35(12-10-33)43-30(3)53-27-69-43/h9-16,27,29,37-38,41,44,60H,17-26H2,1-8H3,(H,52,62)(H,54,61)/t29?,37-,38+,41?,44-/m1/s1. The van der Waals surface area contributed by atoms with Crippen LogP contribution in [-0.4, -0.2) is 130 Å². The van der Waals surface area contributed by atoms with E-state index in [0.717, 1.165) is 54.0 Å². The number of carbonyl (C=O) groups excluding carboxylic acids is 4. The molecule has 2 aliphatic rings. The molecule has 5 heterocycles. The van der Waals surface area contributed by atoms with Crippen molar-refractivity contribution in [2.45, 2.75) is 92.6 Å². The highest BCUT2D eigenvalue weighted by molar-refractivity contribution is 7.15. The number of halogens is 1. The number of thiophene rings is 1. The van der Waals surface area contributed by atoms with Gasteiger partial charge in [-0.1, -0.05) is 68.8 Å². The maximum atomic E-state index is 14.0. The summed E-state index contributed by atoms with van der Waals surface area (Å²) >= 11 is 9.45. The van der Waals surface area contributed by atoms with Crippen LogP contribution in [0.4, 0.5) is 0 Å². The number of hydrogen-bond acceptors (Lipinski definition) is 15. The summed E-state index contributed by atoms with van der Waals surface area (Å²) in [5, 5.41) is 26.7. The number of fused-ring (bicyclic) bond motifs is 3. The lowest BCUT2D eigenvalue weighted by Gasteiger charge is -2.35. The van der Waals surface area contributed by atoms with E-state index in [-0.39, 0.29) is 71.7 Å². The Hall–Kier alpha value is -5.41. The highest BCUT2D eigenvalue weighted by Crippen LogP contribution is 2.41. The van der Waals surface area contributed by atoms with Crippen molar-refractivity contribution < 1.29 is 43.2 Å². The summed E-state index contributed by atoms with van der Waals surface area (Å²) in [6.45, 7) is 16.0. The van der Waals surface area contributed by atoms with Crippen molar-refractivity contribution >= 4 is 63.7 Å². The van der Waals surface area contributed by atoms with Gasteiger partial charge < -0.3 is 39.6 Å². The van der Waals surface area contributed by atoms with Gasteiger partial charge in [-0.2, -0.15) is 0 Å². The summed E-state index contributed by atoms with van der Waals surface area (Å²) in [6.07, 6.45) is -0.805. The van der Waals surface area contributed by atoms with Gasteiger partial charge in [0.25, 0.3) is 0 Å². The topological polar surface area (TPSA) is 209 Å². The van der Waals surface area contributed by atoms with Gasteiger partial charge in [-0.25, -0.2) is 4.98 Å². The molecule has 2 aromatic carbocycles. The lowest BCUT2D eigenvalue weighted by Crippen LogP contribution is -2.58. The molecule has 1 fully saturated rings. The zero-order valence-electron chi connectivity index (χ0n) is 40.7. The third-order valence-corrected chi connectivity index (χ3v) is 14.7. The van der Waals surface area contributed by atoms with E-state index in [2.05, 4.69) is 39.7 Å². The van der Waals surface area contributed by atoms with E-state index in [0.29, 0.717) is 16.7 Å². The van der Waals surface area contributed by atoms with E-state index in [1.165, 1.54) is 4.90 Å². The summed E-state index contributed by atoms with van der Waals surface area (Å²) < 4.78 is 24.4. The highest BCUT2D eigenvalue weighted by Gasteiger charge is 2.44. The van der Waals surface area contributed by atoms with Crippen molar-refractivity contribution in [1.82, 2.24) is 35.3 Å². The van der Waals surface area contributed by atoms with Crippen LogP contribution in [0.5, 0.6) is 0 Å². The summed E-state index contributed by atoms with van der Waals surface area (Å²) in [5.74, 6) is -1.26. The molecule has 3 N–H and O–H groups in total. The number of aromatic nitrogens is 4. The third-order valence-electron chi connectivity index (χ3n) is 12.3.